The number of para-hydroxylation sites is 1. The minimum atomic E-state index is -0.0433. The van der Waals surface area contributed by atoms with Crippen molar-refractivity contribution in [3.8, 4) is 5.69 Å². The molecule has 0 fully saturated rings. The van der Waals surface area contributed by atoms with E-state index in [9.17, 15) is 4.79 Å². The maximum atomic E-state index is 12.1. The molecule has 1 aromatic carbocycles. The van der Waals surface area contributed by atoms with E-state index in [1.807, 2.05) is 66.5 Å². The standard InChI is InChI=1S/C19H20N4O/c1-15(17-6-5-11-20-13-17)22-19(24)10-9-16-12-21-23(14-16)18-7-3-2-4-8-18/h2-8,11-15H,9-10H2,1H3,(H,22,24). The fourth-order valence-electron chi connectivity index (χ4n) is 2.50. The first-order valence-electron chi connectivity index (χ1n) is 8.00. The summed E-state index contributed by atoms with van der Waals surface area (Å²) in [6.45, 7) is 1.96. The predicted octanol–water partition coefficient (Wildman–Crippen LogP) is 3.08. The van der Waals surface area contributed by atoms with E-state index in [0.717, 1.165) is 16.8 Å². The van der Waals surface area contributed by atoms with Crippen LogP contribution in [0.5, 0.6) is 0 Å². The van der Waals surface area contributed by atoms with Crippen LogP contribution in [0.4, 0.5) is 0 Å². The Balaban J connectivity index is 1.53. The number of hydrogen-bond acceptors (Lipinski definition) is 3. The molecule has 1 atom stereocenters. The van der Waals surface area contributed by atoms with E-state index in [-0.39, 0.29) is 11.9 Å². The van der Waals surface area contributed by atoms with Gasteiger partial charge in [-0.2, -0.15) is 5.10 Å². The Kier molecular flexibility index (Phi) is 5.01. The molecule has 1 unspecified atom stereocenters. The number of nitrogens with one attached hydrogen (secondary N) is 1. The van der Waals surface area contributed by atoms with Gasteiger partial charge in [0.2, 0.25) is 5.91 Å². The Bertz CT molecular complexity index is 783. The van der Waals surface area contributed by atoms with E-state index < -0.39 is 0 Å². The summed E-state index contributed by atoms with van der Waals surface area (Å²) in [4.78, 5) is 16.2. The molecular formula is C19H20N4O. The number of pyridine rings is 1. The number of benzene rings is 1. The van der Waals surface area contributed by atoms with Crippen LogP contribution in [0.25, 0.3) is 5.69 Å². The fourth-order valence-corrected chi connectivity index (χ4v) is 2.50. The maximum Gasteiger partial charge on any atom is 0.220 e. The topological polar surface area (TPSA) is 59.8 Å². The third-order valence-corrected chi connectivity index (χ3v) is 3.86. The first-order chi connectivity index (χ1) is 11.7. The summed E-state index contributed by atoms with van der Waals surface area (Å²) < 4.78 is 1.82. The summed E-state index contributed by atoms with van der Waals surface area (Å²) in [6.07, 6.45) is 8.37. The minimum absolute atomic E-state index is 0.0267. The smallest absolute Gasteiger partial charge is 0.220 e. The van der Waals surface area contributed by atoms with Gasteiger partial charge in [-0.1, -0.05) is 24.3 Å². The van der Waals surface area contributed by atoms with E-state index in [2.05, 4.69) is 15.4 Å². The van der Waals surface area contributed by atoms with Crippen molar-refractivity contribution in [3.05, 3.63) is 78.4 Å². The number of carbonyl (C=O) groups excluding carboxylic acids is 1. The first-order valence-corrected chi connectivity index (χ1v) is 8.00. The van der Waals surface area contributed by atoms with Gasteiger partial charge in [0.1, 0.15) is 0 Å². The lowest BCUT2D eigenvalue weighted by atomic mass is 10.1. The molecule has 5 nitrogen and oxygen atoms in total. The summed E-state index contributed by atoms with van der Waals surface area (Å²) >= 11 is 0. The molecule has 2 aromatic heterocycles. The minimum Gasteiger partial charge on any atom is -0.350 e. The van der Waals surface area contributed by atoms with Gasteiger partial charge in [0, 0.05) is 25.0 Å². The highest BCUT2D eigenvalue weighted by atomic mass is 16.1. The van der Waals surface area contributed by atoms with Crippen molar-refractivity contribution in [1.29, 1.82) is 0 Å². The van der Waals surface area contributed by atoms with Crippen molar-refractivity contribution in [1.82, 2.24) is 20.1 Å². The van der Waals surface area contributed by atoms with Crippen molar-refractivity contribution in [2.24, 2.45) is 0 Å². The third-order valence-electron chi connectivity index (χ3n) is 3.86. The van der Waals surface area contributed by atoms with Crippen molar-refractivity contribution in [2.45, 2.75) is 25.8 Å². The molecule has 0 aliphatic carbocycles. The quantitative estimate of drug-likeness (QED) is 0.759. The first kappa shape index (κ1) is 15.9. The van der Waals surface area contributed by atoms with Crippen LogP contribution in [0.1, 0.15) is 30.5 Å². The molecule has 3 rings (SSSR count). The predicted molar refractivity (Wildman–Crippen MR) is 92.7 cm³/mol. The zero-order valence-corrected chi connectivity index (χ0v) is 13.6. The average molecular weight is 320 g/mol. The van der Waals surface area contributed by atoms with E-state index in [1.165, 1.54) is 0 Å². The Morgan fingerprint density at radius 3 is 2.75 bits per heavy atom. The molecule has 1 amide bonds. The molecule has 0 aliphatic rings. The highest BCUT2D eigenvalue weighted by Crippen LogP contribution is 2.12. The lowest BCUT2D eigenvalue weighted by Gasteiger charge is -2.13. The summed E-state index contributed by atoms with van der Waals surface area (Å²) in [6, 6.07) is 13.7. The van der Waals surface area contributed by atoms with Gasteiger partial charge in [-0.25, -0.2) is 4.68 Å². The molecule has 3 aromatic rings. The molecule has 0 saturated carbocycles. The summed E-state index contributed by atoms with van der Waals surface area (Å²) in [5, 5.41) is 7.35. The Morgan fingerprint density at radius 2 is 2.00 bits per heavy atom. The zero-order chi connectivity index (χ0) is 16.8. The molecule has 1 N–H and O–H groups in total. The largest absolute Gasteiger partial charge is 0.350 e. The zero-order valence-electron chi connectivity index (χ0n) is 13.6. The van der Waals surface area contributed by atoms with Crippen molar-refractivity contribution >= 4 is 5.91 Å². The van der Waals surface area contributed by atoms with Crippen LogP contribution in [0.15, 0.2) is 67.3 Å². The molecule has 24 heavy (non-hydrogen) atoms. The highest BCUT2D eigenvalue weighted by Gasteiger charge is 2.10. The van der Waals surface area contributed by atoms with Gasteiger partial charge in [-0.3, -0.25) is 9.78 Å². The van der Waals surface area contributed by atoms with Crippen molar-refractivity contribution in [2.75, 3.05) is 0 Å². The normalized spacial score (nSPS) is 11.9. The highest BCUT2D eigenvalue weighted by molar-refractivity contribution is 5.76. The van der Waals surface area contributed by atoms with E-state index in [4.69, 9.17) is 0 Å². The van der Waals surface area contributed by atoms with Gasteiger partial charge >= 0.3 is 0 Å². The number of aryl methyl sites for hydroxylation is 1. The molecular weight excluding hydrogens is 300 g/mol. The SMILES string of the molecule is CC(NC(=O)CCc1cnn(-c2ccccc2)c1)c1cccnc1. The van der Waals surface area contributed by atoms with Crippen LogP contribution in [0, 0.1) is 0 Å². The molecule has 5 heteroatoms. The van der Waals surface area contributed by atoms with Gasteiger partial charge in [-0.05, 0) is 42.7 Å². The second kappa shape index (κ2) is 7.55. The lowest BCUT2D eigenvalue weighted by Crippen LogP contribution is -2.26. The van der Waals surface area contributed by atoms with E-state index >= 15 is 0 Å². The number of hydrogen-bond donors (Lipinski definition) is 1. The van der Waals surface area contributed by atoms with E-state index in [1.54, 1.807) is 12.4 Å². The number of nitrogens with zero attached hydrogens (tertiary/aromatic N) is 3. The van der Waals surface area contributed by atoms with Gasteiger partial charge in [0.15, 0.2) is 0 Å². The second-order valence-corrected chi connectivity index (χ2v) is 5.70. The van der Waals surface area contributed by atoms with E-state index in [0.29, 0.717) is 12.8 Å². The molecule has 0 aliphatic heterocycles. The lowest BCUT2D eigenvalue weighted by molar-refractivity contribution is -0.121. The third kappa shape index (κ3) is 4.07. The van der Waals surface area contributed by atoms with Gasteiger partial charge in [0.05, 0.1) is 17.9 Å². The number of aromatic nitrogens is 3. The molecule has 0 spiro atoms. The van der Waals surface area contributed by atoms with Crippen LogP contribution in [0.2, 0.25) is 0 Å². The monoisotopic (exact) mass is 320 g/mol. The summed E-state index contributed by atoms with van der Waals surface area (Å²) in [5.74, 6) is 0.0267. The Hall–Kier alpha value is -2.95. The fraction of sp³-hybridized carbons (Fsp3) is 0.211. The van der Waals surface area contributed by atoms with Gasteiger partial charge in [0.25, 0.3) is 0 Å². The van der Waals surface area contributed by atoms with Crippen LogP contribution in [-0.2, 0) is 11.2 Å². The van der Waals surface area contributed by atoms with Gasteiger partial charge in [-0.15, -0.1) is 0 Å². The number of carbonyl (C=O) groups is 1. The average Bonchev–Trinajstić information content (AvgIpc) is 3.10. The molecule has 2 heterocycles. The van der Waals surface area contributed by atoms with Crippen molar-refractivity contribution in [3.63, 3.8) is 0 Å². The molecule has 0 radical (unpaired) electrons. The number of amides is 1. The van der Waals surface area contributed by atoms with Crippen LogP contribution >= 0.6 is 0 Å². The van der Waals surface area contributed by atoms with Crippen LogP contribution in [0.3, 0.4) is 0 Å². The van der Waals surface area contributed by atoms with Crippen molar-refractivity contribution < 1.29 is 4.79 Å². The van der Waals surface area contributed by atoms with Crippen LogP contribution in [-0.4, -0.2) is 20.7 Å². The molecule has 122 valence electrons. The van der Waals surface area contributed by atoms with Gasteiger partial charge < -0.3 is 5.32 Å². The Morgan fingerprint density at radius 1 is 1.17 bits per heavy atom. The Labute approximate surface area is 141 Å². The second-order valence-electron chi connectivity index (χ2n) is 5.70. The van der Waals surface area contributed by atoms with Crippen LogP contribution < -0.4 is 5.32 Å². The summed E-state index contributed by atoms with van der Waals surface area (Å²) in [5.41, 5.74) is 3.06. The molecule has 0 saturated heterocycles. The number of rotatable bonds is 6. The summed E-state index contributed by atoms with van der Waals surface area (Å²) in [7, 11) is 0. The maximum absolute atomic E-state index is 12.1. The molecule has 0 bridgehead atoms.